The second-order valence-electron chi connectivity index (χ2n) is 5.55. The SMILES string of the molecule is OCCCCCC(CCO)OC(CCO)CCCCCO. The van der Waals surface area contributed by atoms with Crippen LogP contribution in [0.25, 0.3) is 0 Å². The fraction of sp³-hybridized carbons (Fsp3) is 1.00. The highest BCUT2D eigenvalue weighted by Crippen LogP contribution is 2.17. The van der Waals surface area contributed by atoms with Gasteiger partial charge in [0, 0.05) is 26.4 Å². The van der Waals surface area contributed by atoms with Gasteiger partial charge in [-0.1, -0.05) is 25.7 Å². The molecule has 4 N–H and O–H groups in total. The fourth-order valence-corrected chi connectivity index (χ4v) is 2.44. The van der Waals surface area contributed by atoms with Crippen molar-refractivity contribution in [2.45, 2.75) is 76.4 Å². The lowest BCUT2D eigenvalue weighted by molar-refractivity contribution is -0.0421. The van der Waals surface area contributed by atoms with Gasteiger partial charge in [-0.3, -0.25) is 0 Å². The second kappa shape index (κ2) is 16.2. The first kappa shape index (κ1) is 20.8. The molecule has 0 aliphatic carbocycles. The van der Waals surface area contributed by atoms with Crippen molar-refractivity contribution in [2.24, 2.45) is 0 Å². The second-order valence-corrected chi connectivity index (χ2v) is 5.55. The van der Waals surface area contributed by atoms with Crippen molar-refractivity contribution in [3.8, 4) is 0 Å². The summed E-state index contributed by atoms with van der Waals surface area (Å²) in [6, 6.07) is 0. The first-order chi connectivity index (χ1) is 10.3. The summed E-state index contributed by atoms with van der Waals surface area (Å²) in [5.41, 5.74) is 0. The van der Waals surface area contributed by atoms with Gasteiger partial charge in [-0.2, -0.15) is 0 Å². The van der Waals surface area contributed by atoms with Crippen LogP contribution in [-0.4, -0.2) is 59.1 Å². The number of hydrogen-bond acceptors (Lipinski definition) is 5. The van der Waals surface area contributed by atoms with E-state index in [1.807, 2.05) is 0 Å². The molecule has 2 unspecified atom stereocenters. The summed E-state index contributed by atoms with van der Waals surface area (Å²) < 4.78 is 6.05. The van der Waals surface area contributed by atoms with Gasteiger partial charge in [0.25, 0.3) is 0 Å². The molecule has 0 bridgehead atoms. The normalized spacial score (nSPS) is 14.3. The van der Waals surface area contributed by atoms with Gasteiger partial charge in [0.1, 0.15) is 0 Å². The summed E-state index contributed by atoms with van der Waals surface area (Å²) in [7, 11) is 0. The minimum Gasteiger partial charge on any atom is -0.396 e. The summed E-state index contributed by atoms with van der Waals surface area (Å²) in [5, 5.41) is 35.8. The van der Waals surface area contributed by atoms with E-state index in [0.29, 0.717) is 12.8 Å². The number of hydrogen-bond donors (Lipinski definition) is 4. The van der Waals surface area contributed by atoms with Gasteiger partial charge in [-0.05, 0) is 38.5 Å². The smallest absolute Gasteiger partial charge is 0.0600 e. The molecule has 0 aromatic rings. The first-order valence-electron chi connectivity index (χ1n) is 8.37. The number of unbranched alkanes of at least 4 members (excludes halogenated alkanes) is 4. The molecule has 0 aliphatic heterocycles. The number of aliphatic hydroxyl groups excluding tert-OH is 4. The van der Waals surface area contributed by atoms with Gasteiger partial charge in [0.2, 0.25) is 0 Å². The van der Waals surface area contributed by atoms with Crippen LogP contribution in [-0.2, 0) is 4.74 Å². The zero-order valence-electron chi connectivity index (χ0n) is 13.3. The van der Waals surface area contributed by atoms with E-state index in [4.69, 9.17) is 25.2 Å². The van der Waals surface area contributed by atoms with Crippen LogP contribution in [0.15, 0.2) is 0 Å². The summed E-state index contributed by atoms with van der Waals surface area (Å²) in [5.74, 6) is 0. The number of rotatable bonds is 16. The molecule has 0 aromatic heterocycles. The molecule has 0 aliphatic rings. The Morgan fingerprint density at radius 3 is 1.24 bits per heavy atom. The summed E-state index contributed by atoms with van der Waals surface area (Å²) >= 11 is 0. The minimum atomic E-state index is 0.0306. The van der Waals surface area contributed by atoms with Crippen molar-refractivity contribution in [3.05, 3.63) is 0 Å². The molecule has 21 heavy (non-hydrogen) atoms. The molecule has 5 nitrogen and oxygen atoms in total. The molecule has 2 atom stereocenters. The predicted molar refractivity (Wildman–Crippen MR) is 83.2 cm³/mol. The van der Waals surface area contributed by atoms with Crippen LogP contribution in [0.4, 0.5) is 0 Å². The minimum absolute atomic E-state index is 0.0306. The lowest BCUT2D eigenvalue weighted by Gasteiger charge is -2.24. The Bertz CT molecular complexity index is 181. The van der Waals surface area contributed by atoms with Crippen molar-refractivity contribution < 1.29 is 25.2 Å². The molecule has 0 saturated carbocycles. The molecule has 5 heteroatoms. The highest BCUT2D eigenvalue weighted by atomic mass is 16.5. The van der Waals surface area contributed by atoms with Crippen molar-refractivity contribution in [3.63, 3.8) is 0 Å². The van der Waals surface area contributed by atoms with Crippen LogP contribution < -0.4 is 0 Å². The first-order valence-corrected chi connectivity index (χ1v) is 8.37. The van der Waals surface area contributed by atoms with Gasteiger partial charge >= 0.3 is 0 Å². The van der Waals surface area contributed by atoms with E-state index in [2.05, 4.69) is 0 Å². The van der Waals surface area contributed by atoms with Gasteiger partial charge in [0.05, 0.1) is 12.2 Å². The molecular weight excluding hydrogens is 272 g/mol. The maximum Gasteiger partial charge on any atom is 0.0600 e. The molecule has 0 amide bonds. The maximum atomic E-state index is 9.13. The molecule has 0 rings (SSSR count). The molecule has 128 valence electrons. The average Bonchev–Trinajstić information content (AvgIpc) is 2.48. The maximum absolute atomic E-state index is 9.13. The lowest BCUT2D eigenvalue weighted by atomic mass is 10.1. The van der Waals surface area contributed by atoms with E-state index < -0.39 is 0 Å². The van der Waals surface area contributed by atoms with Crippen molar-refractivity contribution in [1.29, 1.82) is 0 Å². The Morgan fingerprint density at radius 1 is 0.476 bits per heavy atom. The van der Waals surface area contributed by atoms with Crippen molar-refractivity contribution >= 4 is 0 Å². The van der Waals surface area contributed by atoms with Gasteiger partial charge in [0.15, 0.2) is 0 Å². The zero-order valence-corrected chi connectivity index (χ0v) is 13.3. The standard InChI is InChI=1S/C16H34O5/c17-11-5-1-3-7-15(9-13-19)21-16(10-14-20)8-4-2-6-12-18/h15-20H,1-14H2. The Labute approximate surface area is 129 Å². The fourth-order valence-electron chi connectivity index (χ4n) is 2.44. The predicted octanol–water partition coefficient (Wildman–Crippen LogP) is 1.61. The largest absolute Gasteiger partial charge is 0.396 e. The van der Waals surface area contributed by atoms with E-state index in [1.165, 1.54) is 0 Å². The molecule has 0 aromatic carbocycles. The summed E-state index contributed by atoms with van der Waals surface area (Å²) in [6.45, 7) is 0.676. The Hall–Kier alpha value is -0.200. The Balaban J connectivity index is 4.04. The number of aliphatic hydroxyl groups is 4. The molecule has 0 fully saturated rings. The average molecular weight is 306 g/mol. The van der Waals surface area contributed by atoms with Gasteiger partial charge in [-0.25, -0.2) is 0 Å². The molecular formula is C16H34O5. The summed E-state index contributed by atoms with van der Waals surface area (Å²) in [4.78, 5) is 0. The van der Waals surface area contributed by atoms with Crippen LogP contribution in [0.2, 0.25) is 0 Å². The van der Waals surface area contributed by atoms with Crippen LogP contribution in [0.3, 0.4) is 0 Å². The third-order valence-corrected chi connectivity index (χ3v) is 3.66. The van der Waals surface area contributed by atoms with E-state index in [0.717, 1.165) is 51.4 Å². The van der Waals surface area contributed by atoms with Gasteiger partial charge in [-0.15, -0.1) is 0 Å². The van der Waals surface area contributed by atoms with Gasteiger partial charge < -0.3 is 25.2 Å². The van der Waals surface area contributed by atoms with E-state index in [1.54, 1.807) is 0 Å². The number of ether oxygens (including phenoxy) is 1. The van der Waals surface area contributed by atoms with E-state index in [9.17, 15) is 0 Å². The highest BCUT2D eigenvalue weighted by Gasteiger charge is 2.16. The lowest BCUT2D eigenvalue weighted by Crippen LogP contribution is -2.24. The quantitative estimate of drug-likeness (QED) is 0.325. The van der Waals surface area contributed by atoms with Crippen LogP contribution in [0.1, 0.15) is 64.2 Å². The third-order valence-electron chi connectivity index (χ3n) is 3.66. The van der Waals surface area contributed by atoms with Crippen LogP contribution >= 0.6 is 0 Å². The van der Waals surface area contributed by atoms with Crippen molar-refractivity contribution in [2.75, 3.05) is 26.4 Å². The van der Waals surface area contributed by atoms with E-state index in [-0.39, 0.29) is 38.6 Å². The molecule has 0 radical (unpaired) electrons. The highest BCUT2D eigenvalue weighted by molar-refractivity contribution is 4.65. The summed E-state index contributed by atoms with van der Waals surface area (Å²) in [6.07, 6.45) is 8.63. The molecule has 0 saturated heterocycles. The van der Waals surface area contributed by atoms with Crippen molar-refractivity contribution in [1.82, 2.24) is 0 Å². The Kier molecular flexibility index (Phi) is 16.0. The van der Waals surface area contributed by atoms with E-state index >= 15 is 0 Å². The van der Waals surface area contributed by atoms with Crippen LogP contribution in [0.5, 0.6) is 0 Å². The van der Waals surface area contributed by atoms with Crippen LogP contribution in [0, 0.1) is 0 Å². The molecule has 0 spiro atoms. The molecule has 0 heterocycles. The zero-order chi connectivity index (χ0) is 15.8. The Morgan fingerprint density at radius 2 is 0.905 bits per heavy atom. The monoisotopic (exact) mass is 306 g/mol. The topological polar surface area (TPSA) is 90.2 Å². The third kappa shape index (κ3) is 13.2.